The molecule has 0 spiro atoms. The van der Waals surface area contributed by atoms with Crippen molar-refractivity contribution in [3.63, 3.8) is 0 Å². The summed E-state index contributed by atoms with van der Waals surface area (Å²) in [5.74, 6) is -0.832. The second-order valence-corrected chi connectivity index (χ2v) is 5.57. The van der Waals surface area contributed by atoms with E-state index in [1.54, 1.807) is 42.6 Å². The average Bonchev–Trinajstić information content (AvgIpc) is 3.11. The van der Waals surface area contributed by atoms with Crippen LogP contribution in [0, 0.1) is 0 Å². The van der Waals surface area contributed by atoms with Gasteiger partial charge >= 0.3 is 5.97 Å². The van der Waals surface area contributed by atoms with E-state index in [4.69, 9.17) is 16.0 Å². The van der Waals surface area contributed by atoms with Crippen LogP contribution in [-0.2, 0) is 0 Å². The molecule has 0 aliphatic carbocycles. The van der Waals surface area contributed by atoms with Crippen LogP contribution in [0.15, 0.2) is 64.4 Å². The van der Waals surface area contributed by atoms with Gasteiger partial charge in [0.1, 0.15) is 11.5 Å². The number of aromatic carboxylic acids is 1. The fourth-order valence-electron chi connectivity index (χ4n) is 2.19. The van der Waals surface area contributed by atoms with Crippen molar-refractivity contribution < 1.29 is 19.1 Å². The molecule has 26 heavy (non-hydrogen) atoms. The normalized spacial score (nSPS) is 10.8. The van der Waals surface area contributed by atoms with E-state index in [-0.39, 0.29) is 5.56 Å². The minimum Gasteiger partial charge on any atom is -0.478 e. The van der Waals surface area contributed by atoms with E-state index in [9.17, 15) is 14.7 Å². The van der Waals surface area contributed by atoms with Gasteiger partial charge in [-0.3, -0.25) is 9.78 Å². The quantitative estimate of drug-likeness (QED) is 0.529. The summed E-state index contributed by atoms with van der Waals surface area (Å²) >= 11 is 5.84. The van der Waals surface area contributed by atoms with Crippen LogP contribution in [-0.4, -0.2) is 28.2 Å². The summed E-state index contributed by atoms with van der Waals surface area (Å²) < 4.78 is 5.57. The number of carboxylic acids is 1. The van der Waals surface area contributed by atoms with Crippen molar-refractivity contribution >= 4 is 29.7 Å². The van der Waals surface area contributed by atoms with Crippen LogP contribution in [0.1, 0.15) is 26.5 Å². The number of hydrogen-bond acceptors (Lipinski definition) is 5. The summed E-state index contributed by atoms with van der Waals surface area (Å²) in [6.07, 6.45) is 4.30. The molecule has 1 amide bonds. The molecular formula is C18H12ClN3O4. The van der Waals surface area contributed by atoms with Gasteiger partial charge in [-0.1, -0.05) is 11.6 Å². The third-order valence-electron chi connectivity index (χ3n) is 3.39. The zero-order chi connectivity index (χ0) is 18.5. The molecule has 2 aromatic heterocycles. The number of aromatic nitrogens is 1. The fourth-order valence-corrected chi connectivity index (χ4v) is 2.36. The standard InChI is InChI=1S/C18H12ClN3O4/c19-12-3-5-14(15(8-12)18(24)25)16-6-4-13(26-16)10-21-22-17(23)11-2-1-7-20-9-11/h1-10H,(H,22,23)(H,24,25)/b21-10-. The molecule has 130 valence electrons. The number of carbonyl (C=O) groups is 2. The van der Waals surface area contributed by atoms with Crippen LogP contribution >= 0.6 is 11.6 Å². The van der Waals surface area contributed by atoms with Crippen molar-refractivity contribution in [1.29, 1.82) is 0 Å². The Bertz CT molecular complexity index is 983. The van der Waals surface area contributed by atoms with Crippen LogP contribution < -0.4 is 5.43 Å². The summed E-state index contributed by atoms with van der Waals surface area (Å²) in [6, 6.07) is 11.0. The zero-order valence-corrected chi connectivity index (χ0v) is 14.0. The van der Waals surface area contributed by atoms with Crippen molar-refractivity contribution in [2.75, 3.05) is 0 Å². The zero-order valence-electron chi connectivity index (χ0n) is 13.2. The maximum absolute atomic E-state index is 11.8. The number of carboxylic acid groups (broad SMARTS) is 1. The Hall–Kier alpha value is -3.45. The lowest BCUT2D eigenvalue weighted by Crippen LogP contribution is -2.17. The minimum absolute atomic E-state index is 0.0280. The summed E-state index contributed by atoms with van der Waals surface area (Å²) in [5, 5.41) is 13.4. The number of furan rings is 1. The number of benzene rings is 1. The number of amides is 1. The highest BCUT2D eigenvalue weighted by molar-refractivity contribution is 6.31. The van der Waals surface area contributed by atoms with Crippen LogP contribution in [0.25, 0.3) is 11.3 Å². The first-order chi connectivity index (χ1) is 12.5. The molecule has 0 fully saturated rings. The Morgan fingerprint density at radius 2 is 2.08 bits per heavy atom. The molecule has 2 heterocycles. The van der Waals surface area contributed by atoms with Crippen molar-refractivity contribution in [2.24, 2.45) is 5.10 Å². The number of pyridine rings is 1. The maximum atomic E-state index is 11.8. The van der Waals surface area contributed by atoms with Crippen molar-refractivity contribution in [3.05, 3.63) is 76.8 Å². The largest absolute Gasteiger partial charge is 0.478 e. The first kappa shape index (κ1) is 17.4. The van der Waals surface area contributed by atoms with Crippen molar-refractivity contribution in [2.45, 2.75) is 0 Å². The van der Waals surface area contributed by atoms with E-state index in [1.807, 2.05) is 0 Å². The van der Waals surface area contributed by atoms with E-state index in [0.29, 0.717) is 27.7 Å². The number of carbonyl (C=O) groups excluding carboxylic acids is 1. The number of halogens is 1. The van der Waals surface area contributed by atoms with Gasteiger partial charge < -0.3 is 9.52 Å². The molecule has 0 aliphatic heterocycles. The Labute approximate surface area is 152 Å². The SMILES string of the molecule is O=C(N/N=C\c1ccc(-c2ccc(Cl)cc2C(=O)O)o1)c1cccnc1. The lowest BCUT2D eigenvalue weighted by Gasteiger charge is -2.03. The minimum atomic E-state index is -1.11. The third-order valence-corrected chi connectivity index (χ3v) is 3.62. The molecule has 0 bridgehead atoms. The molecule has 3 rings (SSSR count). The van der Waals surface area contributed by atoms with Crippen LogP contribution in [0.4, 0.5) is 0 Å². The predicted molar refractivity (Wildman–Crippen MR) is 95.4 cm³/mol. The smallest absolute Gasteiger partial charge is 0.336 e. The second-order valence-electron chi connectivity index (χ2n) is 5.14. The van der Waals surface area contributed by atoms with Gasteiger partial charge in [0.05, 0.1) is 17.3 Å². The summed E-state index contributed by atoms with van der Waals surface area (Å²) in [6.45, 7) is 0. The fraction of sp³-hybridized carbons (Fsp3) is 0. The van der Waals surface area contributed by atoms with Gasteiger partial charge in [0.2, 0.25) is 0 Å². The van der Waals surface area contributed by atoms with Crippen LogP contribution in [0.3, 0.4) is 0 Å². The number of hydrazone groups is 1. The monoisotopic (exact) mass is 369 g/mol. The third kappa shape index (κ3) is 3.96. The Kier molecular flexibility index (Phi) is 5.09. The number of nitrogens with one attached hydrogen (secondary N) is 1. The summed E-state index contributed by atoms with van der Waals surface area (Å²) in [5.41, 5.74) is 3.14. The maximum Gasteiger partial charge on any atom is 0.336 e. The van der Waals surface area contributed by atoms with E-state index >= 15 is 0 Å². The molecule has 0 radical (unpaired) electrons. The highest BCUT2D eigenvalue weighted by Gasteiger charge is 2.15. The molecule has 0 unspecified atom stereocenters. The molecule has 0 aliphatic rings. The number of rotatable bonds is 5. The first-order valence-corrected chi connectivity index (χ1v) is 7.79. The van der Waals surface area contributed by atoms with E-state index in [2.05, 4.69) is 15.5 Å². The van der Waals surface area contributed by atoms with E-state index < -0.39 is 11.9 Å². The topological polar surface area (TPSA) is 105 Å². The highest BCUT2D eigenvalue weighted by Crippen LogP contribution is 2.28. The molecule has 3 aromatic rings. The Morgan fingerprint density at radius 1 is 1.23 bits per heavy atom. The van der Waals surface area contributed by atoms with E-state index in [1.165, 1.54) is 18.5 Å². The molecule has 7 nitrogen and oxygen atoms in total. The van der Waals surface area contributed by atoms with Gasteiger partial charge in [0, 0.05) is 23.0 Å². The molecular weight excluding hydrogens is 358 g/mol. The van der Waals surface area contributed by atoms with Gasteiger partial charge in [0.15, 0.2) is 0 Å². The molecule has 8 heteroatoms. The summed E-state index contributed by atoms with van der Waals surface area (Å²) in [4.78, 5) is 27.0. The van der Waals surface area contributed by atoms with Gasteiger partial charge in [-0.25, -0.2) is 10.2 Å². The highest BCUT2D eigenvalue weighted by atomic mass is 35.5. The second kappa shape index (κ2) is 7.62. The first-order valence-electron chi connectivity index (χ1n) is 7.41. The van der Waals surface area contributed by atoms with Crippen LogP contribution in [0.2, 0.25) is 5.02 Å². The molecule has 0 atom stereocenters. The summed E-state index contributed by atoms with van der Waals surface area (Å²) in [7, 11) is 0. The Morgan fingerprint density at radius 3 is 2.81 bits per heavy atom. The molecule has 1 aromatic carbocycles. The number of nitrogens with zero attached hydrogens (tertiary/aromatic N) is 2. The average molecular weight is 370 g/mol. The molecule has 0 saturated carbocycles. The molecule has 0 saturated heterocycles. The van der Waals surface area contributed by atoms with E-state index in [0.717, 1.165) is 0 Å². The molecule has 2 N–H and O–H groups in total. The predicted octanol–water partition coefficient (Wildman–Crippen LogP) is 3.46. The van der Waals surface area contributed by atoms with Crippen molar-refractivity contribution in [3.8, 4) is 11.3 Å². The van der Waals surface area contributed by atoms with Crippen LogP contribution in [0.5, 0.6) is 0 Å². The lowest BCUT2D eigenvalue weighted by molar-refractivity contribution is 0.0697. The van der Waals surface area contributed by atoms with Gasteiger partial charge in [0.25, 0.3) is 5.91 Å². The van der Waals surface area contributed by atoms with Gasteiger partial charge in [-0.2, -0.15) is 5.10 Å². The Balaban J connectivity index is 1.75. The van der Waals surface area contributed by atoms with Crippen molar-refractivity contribution in [1.82, 2.24) is 10.4 Å². The van der Waals surface area contributed by atoms with Gasteiger partial charge in [-0.05, 0) is 42.5 Å². The lowest BCUT2D eigenvalue weighted by atomic mass is 10.1. The van der Waals surface area contributed by atoms with Gasteiger partial charge in [-0.15, -0.1) is 0 Å². The number of hydrogen-bond donors (Lipinski definition) is 2.